The molecule has 0 radical (unpaired) electrons. The minimum atomic E-state index is 0.472. The fourth-order valence-corrected chi connectivity index (χ4v) is 2.19. The highest BCUT2D eigenvalue weighted by Crippen LogP contribution is 2.25. The van der Waals surface area contributed by atoms with Crippen LogP contribution in [0, 0.1) is 13.8 Å². The van der Waals surface area contributed by atoms with Crippen molar-refractivity contribution in [3.63, 3.8) is 0 Å². The van der Waals surface area contributed by atoms with Gasteiger partial charge in [-0.3, -0.25) is 0 Å². The fourth-order valence-electron chi connectivity index (χ4n) is 2.19. The molecule has 2 aromatic carbocycles. The van der Waals surface area contributed by atoms with Gasteiger partial charge in [-0.1, -0.05) is 66.6 Å². The second kappa shape index (κ2) is 4.52. The van der Waals surface area contributed by atoms with Crippen molar-refractivity contribution < 1.29 is 0 Å². The Balaban J connectivity index is 2.37. The fraction of sp³-hybridized carbons (Fsp3) is 0.250. The Labute approximate surface area is 97.9 Å². The van der Waals surface area contributed by atoms with Crippen molar-refractivity contribution in [3.8, 4) is 0 Å². The zero-order chi connectivity index (χ0) is 11.5. The van der Waals surface area contributed by atoms with Crippen molar-refractivity contribution in [2.45, 2.75) is 26.7 Å². The van der Waals surface area contributed by atoms with Crippen LogP contribution in [0.3, 0.4) is 0 Å². The van der Waals surface area contributed by atoms with Gasteiger partial charge in [0.15, 0.2) is 0 Å². The van der Waals surface area contributed by atoms with Gasteiger partial charge >= 0.3 is 0 Å². The summed E-state index contributed by atoms with van der Waals surface area (Å²) in [6.07, 6.45) is 0. The van der Waals surface area contributed by atoms with Crippen LogP contribution in [-0.2, 0) is 0 Å². The van der Waals surface area contributed by atoms with Crippen LogP contribution < -0.4 is 0 Å². The molecule has 0 bridgehead atoms. The van der Waals surface area contributed by atoms with Crippen LogP contribution >= 0.6 is 0 Å². The third-order valence-electron chi connectivity index (χ3n) is 3.04. The van der Waals surface area contributed by atoms with Crippen molar-refractivity contribution in [2.24, 2.45) is 0 Å². The van der Waals surface area contributed by atoms with E-state index in [4.69, 9.17) is 0 Å². The second-order valence-electron chi connectivity index (χ2n) is 4.55. The van der Waals surface area contributed by atoms with Crippen LogP contribution in [0.1, 0.15) is 35.1 Å². The average Bonchev–Trinajstić information content (AvgIpc) is 2.28. The molecule has 82 valence electrons. The molecule has 0 amide bonds. The van der Waals surface area contributed by atoms with Crippen LogP contribution in [0.15, 0.2) is 48.5 Å². The van der Waals surface area contributed by atoms with Crippen molar-refractivity contribution in [2.75, 3.05) is 0 Å². The van der Waals surface area contributed by atoms with Gasteiger partial charge in [0, 0.05) is 5.92 Å². The van der Waals surface area contributed by atoms with Gasteiger partial charge < -0.3 is 0 Å². The smallest absolute Gasteiger partial charge is 0.00612 e. The molecule has 0 saturated heterocycles. The third kappa shape index (κ3) is 2.33. The molecule has 16 heavy (non-hydrogen) atoms. The highest BCUT2D eigenvalue weighted by molar-refractivity contribution is 5.36. The van der Waals surface area contributed by atoms with Gasteiger partial charge in [0.1, 0.15) is 0 Å². The van der Waals surface area contributed by atoms with E-state index in [-0.39, 0.29) is 0 Å². The summed E-state index contributed by atoms with van der Waals surface area (Å²) in [4.78, 5) is 0. The van der Waals surface area contributed by atoms with Crippen molar-refractivity contribution in [1.82, 2.24) is 0 Å². The van der Waals surface area contributed by atoms with Crippen molar-refractivity contribution in [3.05, 3.63) is 70.8 Å². The first kappa shape index (κ1) is 10.9. The lowest BCUT2D eigenvalue weighted by molar-refractivity contribution is 0.917. The molecule has 0 fully saturated rings. The van der Waals surface area contributed by atoms with Gasteiger partial charge in [0.25, 0.3) is 0 Å². The maximum absolute atomic E-state index is 2.28. The normalized spacial score (nSPS) is 12.4. The summed E-state index contributed by atoms with van der Waals surface area (Å²) in [7, 11) is 0. The van der Waals surface area contributed by atoms with Gasteiger partial charge in [0.2, 0.25) is 0 Å². The molecule has 0 spiro atoms. The second-order valence-corrected chi connectivity index (χ2v) is 4.55. The largest absolute Gasteiger partial charge is 0.0622 e. The molecule has 0 N–H and O–H groups in total. The molecule has 0 nitrogen and oxygen atoms in total. The monoisotopic (exact) mass is 210 g/mol. The molecule has 0 saturated carbocycles. The predicted octanol–water partition coefficient (Wildman–Crippen LogP) is 4.46. The number of benzene rings is 2. The first-order valence-electron chi connectivity index (χ1n) is 5.80. The van der Waals surface area contributed by atoms with Gasteiger partial charge in [-0.2, -0.15) is 0 Å². The molecule has 0 aliphatic rings. The van der Waals surface area contributed by atoms with E-state index in [0.717, 1.165) is 0 Å². The van der Waals surface area contributed by atoms with E-state index in [9.17, 15) is 0 Å². The van der Waals surface area contributed by atoms with Crippen LogP contribution in [0.25, 0.3) is 0 Å². The summed E-state index contributed by atoms with van der Waals surface area (Å²) in [6, 6.07) is 17.5. The first-order chi connectivity index (χ1) is 7.66. The van der Waals surface area contributed by atoms with Gasteiger partial charge in [-0.15, -0.1) is 0 Å². The van der Waals surface area contributed by atoms with Crippen LogP contribution in [0.2, 0.25) is 0 Å². The molecular formula is C16H18. The molecule has 0 heterocycles. The summed E-state index contributed by atoms with van der Waals surface area (Å²) in [6.45, 7) is 6.59. The Morgan fingerprint density at radius 1 is 0.750 bits per heavy atom. The van der Waals surface area contributed by atoms with E-state index in [1.54, 1.807) is 0 Å². The Kier molecular flexibility index (Phi) is 3.09. The average molecular weight is 210 g/mol. The summed E-state index contributed by atoms with van der Waals surface area (Å²) in [5.41, 5.74) is 5.48. The Hall–Kier alpha value is -1.56. The zero-order valence-electron chi connectivity index (χ0n) is 10.2. The number of aryl methyl sites for hydroxylation is 2. The quantitative estimate of drug-likeness (QED) is 0.686. The first-order valence-corrected chi connectivity index (χ1v) is 5.80. The van der Waals surface area contributed by atoms with Crippen LogP contribution in [0.4, 0.5) is 0 Å². The molecule has 0 heteroatoms. The maximum Gasteiger partial charge on any atom is 0.00612 e. The summed E-state index contributed by atoms with van der Waals surface area (Å²) < 4.78 is 0. The topological polar surface area (TPSA) is 0 Å². The molecule has 2 rings (SSSR count). The van der Waals surface area contributed by atoms with E-state index in [1.807, 2.05) is 0 Å². The highest BCUT2D eigenvalue weighted by atomic mass is 14.1. The van der Waals surface area contributed by atoms with Gasteiger partial charge in [-0.05, 0) is 25.0 Å². The SMILES string of the molecule is Cc1cc(C)cc([C@@H](C)c2ccccc2)c1. The van der Waals surface area contributed by atoms with Gasteiger partial charge in [-0.25, -0.2) is 0 Å². The summed E-state index contributed by atoms with van der Waals surface area (Å²) in [5.74, 6) is 0.472. The Morgan fingerprint density at radius 3 is 1.88 bits per heavy atom. The van der Waals surface area contributed by atoms with E-state index in [0.29, 0.717) is 5.92 Å². The minimum Gasteiger partial charge on any atom is -0.0622 e. The summed E-state index contributed by atoms with van der Waals surface area (Å²) in [5, 5.41) is 0. The zero-order valence-corrected chi connectivity index (χ0v) is 10.2. The minimum absolute atomic E-state index is 0.472. The van der Waals surface area contributed by atoms with E-state index < -0.39 is 0 Å². The Morgan fingerprint density at radius 2 is 1.31 bits per heavy atom. The lowest BCUT2D eigenvalue weighted by atomic mass is 9.91. The molecule has 2 aromatic rings. The van der Waals surface area contributed by atoms with Crippen LogP contribution in [0.5, 0.6) is 0 Å². The molecule has 0 aliphatic carbocycles. The van der Waals surface area contributed by atoms with Crippen LogP contribution in [-0.4, -0.2) is 0 Å². The van der Waals surface area contributed by atoms with E-state index >= 15 is 0 Å². The number of hydrogen-bond acceptors (Lipinski definition) is 0. The van der Waals surface area contributed by atoms with Crippen molar-refractivity contribution >= 4 is 0 Å². The standard InChI is InChI=1S/C16H18/c1-12-9-13(2)11-16(10-12)14(3)15-7-5-4-6-8-15/h4-11,14H,1-3H3/t14-/m0/s1. The lowest BCUT2D eigenvalue weighted by Gasteiger charge is -2.14. The maximum atomic E-state index is 2.28. The molecule has 0 unspecified atom stereocenters. The van der Waals surface area contributed by atoms with E-state index in [2.05, 4.69) is 69.3 Å². The predicted molar refractivity (Wildman–Crippen MR) is 69.9 cm³/mol. The summed E-state index contributed by atoms with van der Waals surface area (Å²) >= 11 is 0. The van der Waals surface area contributed by atoms with Gasteiger partial charge in [0.05, 0.1) is 0 Å². The highest BCUT2D eigenvalue weighted by Gasteiger charge is 2.08. The molecular weight excluding hydrogens is 192 g/mol. The Bertz CT molecular complexity index is 448. The molecule has 0 aromatic heterocycles. The number of rotatable bonds is 2. The van der Waals surface area contributed by atoms with E-state index in [1.165, 1.54) is 22.3 Å². The number of hydrogen-bond donors (Lipinski definition) is 0. The molecule has 0 aliphatic heterocycles. The lowest BCUT2D eigenvalue weighted by Crippen LogP contribution is -1.96. The molecule has 1 atom stereocenters. The third-order valence-corrected chi connectivity index (χ3v) is 3.04. The van der Waals surface area contributed by atoms with Crippen molar-refractivity contribution in [1.29, 1.82) is 0 Å².